The average Bonchev–Trinajstić information content (AvgIpc) is 3.24. The zero-order chi connectivity index (χ0) is 30.9. The number of rotatable bonds is 12. The third kappa shape index (κ3) is 7.82. The number of esters is 1. The minimum absolute atomic E-state index is 0.0195. The van der Waals surface area contributed by atoms with Crippen LogP contribution in [-0.4, -0.2) is 84.2 Å². The Labute approximate surface area is 259 Å². The lowest BCUT2D eigenvalue weighted by Gasteiger charge is -2.28. The smallest absolute Gasteiger partial charge is 0.307 e. The molecule has 1 aliphatic rings. The molecule has 44 heavy (non-hydrogen) atoms. The van der Waals surface area contributed by atoms with E-state index in [9.17, 15) is 14.0 Å². The highest BCUT2D eigenvalue weighted by molar-refractivity contribution is 5.94. The minimum atomic E-state index is -0.262. The molecule has 0 saturated carbocycles. The van der Waals surface area contributed by atoms with Gasteiger partial charge in [0, 0.05) is 51.3 Å². The highest BCUT2D eigenvalue weighted by Crippen LogP contribution is 2.26. The van der Waals surface area contributed by atoms with Crippen LogP contribution >= 0.6 is 0 Å². The normalized spacial score (nSPS) is 14.8. The van der Waals surface area contributed by atoms with Crippen LogP contribution in [0.4, 0.5) is 10.3 Å². The monoisotopic (exact) mass is 599 g/mol. The molecule has 1 amide bonds. The summed E-state index contributed by atoms with van der Waals surface area (Å²) in [7, 11) is 1.84. The minimum Gasteiger partial charge on any atom is -0.466 e. The number of ether oxygens (including phenoxy) is 1. The van der Waals surface area contributed by atoms with Gasteiger partial charge in [-0.1, -0.05) is 42.5 Å². The number of para-hydroxylation sites is 2. The third-order valence-corrected chi connectivity index (χ3v) is 8.35. The van der Waals surface area contributed by atoms with Crippen molar-refractivity contribution in [2.75, 3.05) is 57.8 Å². The van der Waals surface area contributed by atoms with Crippen molar-refractivity contribution in [3.63, 3.8) is 0 Å². The van der Waals surface area contributed by atoms with Crippen molar-refractivity contribution < 1.29 is 18.7 Å². The summed E-state index contributed by atoms with van der Waals surface area (Å²) in [6.07, 6.45) is 2.12. The number of anilines is 1. The standard InChI is InChI=1S/C35H42FN5O3/c1-3-44-33(42)19-23-41-32-13-8-7-12-31(32)37-35(41)40-21-9-20-39(24-25-40)22-18-29(27-14-16-30(36)17-15-27)26-38(2)34(43)28-10-5-4-6-11-28/h4-8,10-17,29H,3,9,18-26H2,1-2H3. The van der Waals surface area contributed by atoms with Gasteiger partial charge in [0.05, 0.1) is 24.1 Å². The van der Waals surface area contributed by atoms with Crippen LogP contribution < -0.4 is 4.90 Å². The van der Waals surface area contributed by atoms with Crippen LogP contribution in [0.3, 0.4) is 0 Å². The number of amides is 1. The first kappa shape index (κ1) is 31.2. The van der Waals surface area contributed by atoms with Gasteiger partial charge in [0.1, 0.15) is 5.82 Å². The van der Waals surface area contributed by atoms with Crippen molar-refractivity contribution in [2.45, 2.75) is 38.6 Å². The summed E-state index contributed by atoms with van der Waals surface area (Å²) >= 11 is 0. The number of hydrogen-bond donors (Lipinski definition) is 0. The molecule has 0 N–H and O–H groups in total. The first-order valence-electron chi connectivity index (χ1n) is 15.6. The largest absolute Gasteiger partial charge is 0.466 e. The number of benzene rings is 3. The van der Waals surface area contributed by atoms with E-state index in [-0.39, 0.29) is 23.6 Å². The maximum Gasteiger partial charge on any atom is 0.307 e. The Morgan fingerprint density at radius 3 is 2.45 bits per heavy atom. The van der Waals surface area contributed by atoms with Crippen LogP contribution in [0, 0.1) is 5.82 Å². The van der Waals surface area contributed by atoms with Gasteiger partial charge in [0.2, 0.25) is 5.95 Å². The number of fused-ring (bicyclic) bond motifs is 1. The Balaban J connectivity index is 1.25. The van der Waals surface area contributed by atoms with Crippen LogP contribution in [0.15, 0.2) is 78.9 Å². The zero-order valence-electron chi connectivity index (χ0n) is 25.7. The van der Waals surface area contributed by atoms with E-state index in [1.54, 1.807) is 4.90 Å². The third-order valence-electron chi connectivity index (χ3n) is 8.35. The maximum absolute atomic E-state index is 13.8. The van der Waals surface area contributed by atoms with Crippen LogP contribution in [0.2, 0.25) is 0 Å². The number of aryl methyl sites for hydroxylation is 1. The van der Waals surface area contributed by atoms with Gasteiger partial charge in [-0.2, -0.15) is 0 Å². The molecule has 1 saturated heterocycles. The summed E-state index contributed by atoms with van der Waals surface area (Å²) in [6.45, 7) is 7.63. The van der Waals surface area contributed by atoms with E-state index in [2.05, 4.69) is 20.4 Å². The molecule has 232 valence electrons. The van der Waals surface area contributed by atoms with Gasteiger partial charge < -0.3 is 24.0 Å². The predicted molar refractivity (Wildman–Crippen MR) is 171 cm³/mol. The highest BCUT2D eigenvalue weighted by Gasteiger charge is 2.24. The van der Waals surface area contributed by atoms with E-state index in [4.69, 9.17) is 9.72 Å². The molecule has 8 nitrogen and oxygen atoms in total. The van der Waals surface area contributed by atoms with E-state index in [1.165, 1.54) is 12.1 Å². The number of likely N-dealkylation sites (N-methyl/N-ethyl adjacent to an activating group) is 1. The van der Waals surface area contributed by atoms with Gasteiger partial charge in [-0.15, -0.1) is 0 Å². The molecular weight excluding hydrogens is 557 g/mol. The Hall–Kier alpha value is -4.24. The SMILES string of the molecule is CCOC(=O)CCn1c(N2CCCN(CCC(CN(C)C(=O)c3ccccc3)c3ccc(F)cc3)CC2)nc2ccccc21. The first-order valence-corrected chi connectivity index (χ1v) is 15.6. The highest BCUT2D eigenvalue weighted by atomic mass is 19.1. The molecule has 5 rings (SSSR count). The lowest BCUT2D eigenvalue weighted by molar-refractivity contribution is -0.143. The number of carbonyl (C=O) groups is 2. The summed E-state index contributed by atoms with van der Waals surface area (Å²) < 4.78 is 21.1. The molecule has 0 spiro atoms. The van der Waals surface area contributed by atoms with Crippen LogP contribution in [0.5, 0.6) is 0 Å². The molecule has 4 aromatic rings. The summed E-state index contributed by atoms with van der Waals surface area (Å²) in [6, 6.07) is 24.0. The lowest BCUT2D eigenvalue weighted by atomic mass is 9.94. The quantitative estimate of drug-likeness (QED) is 0.198. The number of carbonyl (C=O) groups excluding carboxylic acids is 2. The number of halogens is 1. The fourth-order valence-corrected chi connectivity index (χ4v) is 6.01. The van der Waals surface area contributed by atoms with Gasteiger partial charge in [0.25, 0.3) is 5.91 Å². The van der Waals surface area contributed by atoms with E-state index in [0.717, 1.165) is 68.1 Å². The molecule has 1 aromatic heterocycles. The van der Waals surface area contributed by atoms with Crippen molar-refractivity contribution in [3.8, 4) is 0 Å². The van der Waals surface area contributed by atoms with Crippen LogP contribution in [-0.2, 0) is 16.1 Å². The molecule has 0 aliphatic carbocycles. The molecule has 0 bridgehead atoms. The van der Waals surface area contributed by atoms with Crippen LogP contribution in [0.25, 0.3) is 11.0 Å². The number of hydrogen-bond acceptors (Lipinski definition) is 6. The van der Waals surface area contributed by atoms with Crippen molar-refractivity contribution in [2.24, 2.45) is 0 Å². The van der Waals surface area contributed by atoms with Gasteiger partial charge >= 0.3 is 5.97 Å². The van der Waals surface area contributed by atoms with Crippen molar-refractivity contribution in [3.05, 3.63) is 95.8 Å². The molecule has 1 unspecified atom stereocenters. The molecule has 1 fully saturated rings. The van der Waals surface area contributed by atoms with E-state index in [0.29, 0.717) is 31.7 Å². The van der Waals surface area contributed by atoms with E-state index in [1.807, 2.05) is 74.6 Å². The van der Waals surface area contributed by atoms with Gasteiger partial charge in [-0.05, 0) is 74.8 Å². The molecule has 0 radical (unpaired) electrons. The topological polar surface area (TPSA) is 70.9 Å². The Morgan fingerprint density at radius 2 is 1.68 bits per heavy atom. The summed E-state index contributed by atoms with van der Waals surface area (Å²) in [4.78, 5) is 36.8. The number of nitrogens with zero attached hydrogens (tertiary/aromatic N) is 5. The van der Waals surface area contributed by atoms with Crippen molar-refractivity contribution in [1.29, 1.82) is 0 Å². The predicted octanol–water partition coefficient (Wildman–Crippen LogP) is 5.59. The van der Waals surface area contributed by atoms with E-state index < -0.39 is 0 Å². The molecule has 1 aliphatic heterocycles. The van der Waals surface area contributed by atoms with E-state index >= 15 is 0 Å². The second-order valence-corrected chi connectivity index (χ2v) is 11.4. The van der Waals surface area contributed by atoms with Gasteiger partial charge in [-0.25, -0.2) is 9.37 Å². The Bertz CT molecular complexity index is 1520. The van der Waals surface area contributed by atoms with Crippen LogP contribution in [0.1, 0.15) is 48.0 Å². The molecule has 3 aromatic carbocycles. The molecule has 9 heteroatoms. The fourth-order valence-electron chi connectivity index (χ4n) is 6.01. The van der Waals surface area contributed by atoms with Gasteiger partial charge in [0.15, 0.2) is 0 Å². The lowest BCUT2D eigenvalue weighted by Crippen LogP contribution is -2.35. The summed E-state index contributed by atoms with van der Waals surface area (Å²) in [5.74, 6) is 0.475. The van der Waals surface area contributed by atoms with Crippen molar-refractivity contribution in [1.82, 2.24) is 19.4 Å². The number of aromatic nitrogens is 2. The fraction of sp³-hybridized carbons (Fsp3) is 0.400. The Kier molecular flexibility index (Phi) is 10.6. The molecular formula is C35H42FN5O3. The zero-order valence-corrected chi connectivity index (χ0v) is 25.7. The average molecular weight is 600 g/mol. The summed E-state index contributed by atoms with van der Waals surface area (Å²) in [5, 5.41) is 0. The summed E-state index contributed by atoms with van der Waals surface area (Å²) in [5.41, 5.74) is 3.63. The maximum atomic E-state index is 13.8. The second-order valence-electron chi connectivity index (χ2n) is 11.4. The van der Waals surface area contributed by atoms with Crippen molar-refractivity contribution >= 4 is 28.9 Å². The Morgan fingerprint density at radius 1 is 0.932 bits per heavy atom. The molecule has 2 heterocycles. The first-order chi connectivity index (χ1) is 21.4. The second kappa shape index (κ2) is 15.0. The number of imidazole rings is 1. The molecule has 1 atom stereocenters. The van der Waals surface area contributed by atoms with Gasteiger partial charge in [-0.3, -0.25) is 9.59 Å².